The van der Waals surface area contributed by atoms with Gasteiger partial charge in [0.2, 0.25) is 0 Å². The number of rotatable bonds is 2. The molecule has 0 amide bonds. The van der Waals surface area contributed by atoms with Crippen molar-refractivity contribution in [3.63, 3.8) is 0 Å². The van der Waals surface area contributed by atoms with Gasteiger partial charge < -0.3 is 4.57 Å². The third-order valence-corrected chi connectivity index (χ3v) is 2.60. The lowest BCUT2D eigenvalue weighted by Gasteiger charge is -2.01. The third-order valence-electron chi connectivity index (χ3n) is 2.60. The lowest BCUT2D eigenvalue weighted by Crippen LogP contribution is -1.99. The van der Waals surface area contributed by atoms with Crippen LogP contribution in [-0.2, 0) is 7.05 Å². The van der Waals surface area contributed by atoms with E-state index in [0.29, 0.717) is 5.52 Å². The van der Waals surface area contributed by atoms with Gasteiger partial charge in [-0.25, -0.2) is 4.98 Å². The summed E-state index contributed by atoms with van der Waals surface area (Å²) in [6, 6.07) is 1.30. The van der Waals surface area contributed by atoms with Crippen molar-refractivity contribution in [3.05, 3.63) is 38.2 Å². The highest BCUT2D eigenvalue weighted by atomic mass is 16.6. The molecule has 0 radical (unpaired) electrons. The summed E-state index contributed by atoms with van der Waals surface area (Å²) in [4.78, 5) is 24.4. The predicted molar refractivity (Wildman–Crippen MR) is 58.8 cm³/mol. The molecule has 0 bridgehead atoms. The van der Waals surface area contributed by atoms with Gasteiger partial charge in [0, 0.05) is 13.1 Å². The molecule has 1 aromatic carbocycles. The van der Waals surface area contributed by atoms with Crippen LogP contribution in [0.15, 0.2) is 12.4 Å². The summed E-state index contributed by atoms with van der Waals surface area (Å²) in [7, 11) is 1.62. The number of benzene rings is 1. The lowest BCUT2D eigenvalue weighted by atomic mass is 10.1. The Labute approximate surface area is 94.8 Å². The van der Waals surface area contributed by atoms with Gasteiger partial charge in [0.05, 0.1) is 21.7 Å². The van der Waals surface area contributed by atoms with Crippen LogP contribution < -0.4 is 0 Å². The first-order chi connectivity index (χ1) is 7.93. The minimum atomic E-state index is -0.641. The molecular formula is C9H8N4O4. The molecule has 0 spiro atoms. The van der Waals surface area contributed by atoms with Crippen LogP contribution in [0.2, 0.25) is 0 Å². The second-order valence-electron chi connectivity index (χ2n) is 3.61. The van der Waals surface area contributed by atoms with E-state index in [2.05, 4.69) is 4.98 Å². The highest BCUT2D eigenvalue weighted by Crippen LogP contribution is 2.34. The molecule has 0 aliphatic rings. The molecule has 0 saturated carbocycles. The maximum Gasteiger partial charge on any atom is 0.306 e. The molecule has 0 unspecified atom stereocenters. The highest BCUT2D eigenvalue weighted by Gasteiger charge is 2.27. The first-order valence-electron chi connectivity index (χ1n) is 4.67. The first kappa shape index (κ1) is 11.0. The van der Waals surface area contributed by atoms with Crippen molar-refractivity contribution in [1.82, 2.24) is 9.55 Å². The van der Waals surface area contributed by atoms with Crippen molar-refractivity contribution in [2.75, 3.05) is 0 Å². The second kappa shape index (κ2) is 3.51. The number of imidazole rings is 1. The fraction of sp³-hybridized carbons (Fsp3) is 0.222. The van der Waals surface area contributed by atoms with E-state index in [1.54, 1.807) is 7.05 Å². The van der Waals surface area contributed by atoms with Crippen LogP contribution in [-0.4, -0.2) is 19.4 Å². The van der Waals surface area contributed by atoms with Crippen molar-refractivity contribution >= 4 is 22.4 Å². The van der Waals surface area contributed by atoms with Crippen molar-refractivity contribution in [1.29, 1.82) is 0 Å². The first-order valence-corrected chi connectivity index (χ1v) is 4.67. The molecule has 1 heterocycles. The normalized spacial score (nSPS) is 10.7. The molecule has 0 aliphatic carbocycles. The van der Waals surface area contributed by atoms with Gasteiger partial charge in [-0.15, -0.1) is 0 Å². The Bertz CT molecular complexity index is 646. The fourth-order valence-corrected chi connectivity index (χ4v) is 1.74. The van der Waals surface area contributed by atoms with Gasteiger partial charge in [-0.05, 0) is 6.92 Å². The monoisotopic (exact) mass is 236 g/mol. The van der Waals surface area contributed by atoms with E-state index in [0.717, 1.165) is 0 Å². The molecule has 0 saturated heterocycles. The Kier molecular flexibility index (Phi) is 2.27. The van der Waals surface area contributed by atoms with Crippen LogP contribution >= 0.6 is 0 Å². The Morgan fingerprint density at radius 1 is 1.29 bits per heavy atom. The summed E-state index contributed by atoms with van der Waals surface area (Å²) in [6.45, 7) is 1.35. The van der Waals surface area contributed by atoms with Crippen LogP contribution in [0.25, 0.3) is 11.0 Å². The SMILES string of the molecule is Cc1c([N+](=O)[O-])cc2c(ncn2C)c1[N+](=O)[O-]. The van der Waals surface area contributed by atoms with E-state index in [-0.39, 0.29) is 22.5 Å². The number of aromatic nitrogens is 2. The van der Waals surface area contributed by atoms with Crippen LogP contribution in [0.4, 0.5) is 11.4 Å². The quantitative estimate of drug-likeness (QED) is 0.582. The average molecular weight is 236 g/mol. The van der Waals surface area contributed by atoms with Crippen LogP contribution in [0.1, 0.15) is 5.56 Å². The summed E-state index contributed by atoms with van der Waals surface area (Å²) in [6.07, 6.45) is 1.39. The summed E-state index contributed by atoms with van der Waals surface area (Å²) >= 11 is 0. The average Bonchev–Trinajstić information content (AvgIpc) is 2.58. The number of aryl methyl sites for hydroxylation is 1. The summed E-state index contributed by atoms with van der Waals surface area (Å²) in [5.74, 6) is 0. The molecule has 8 heteroatoms. The number of nitrogens with zero attached hydrogens (tertiary/aromatic N) is 4. The molecular weight excluding hydrogens is 228 g/mol. The molecule has 2 aromatic rings. The van der Waals surface area contributed by atoms with E-state index >= 15 is 0 Å². The number of nitro benzene ring substituents is 2. The maximum absolute atomic E-state index is 11.0. The summed E-state index contributed by atoms with van der Waals surface area (Å²) < 4.78 is 1.51. The van der Waals surface area contributed by atoms with Gasteiger partial charge in [0.1, 0.15) is 5.56 Å². The van der Waals surface area contributed by atoms with Gasteiger partial charge in [-0.3, -0.25) is 20.2 Å². The van der Waals surface area contributed by atoms with E-state index in [1.165, 1.54) is 23.9 Å². The molecule has 0 aliphatic heterocycles. The maximum atomic E-state index is 11.0. The van der Waals surface area contributed by atoms with Gasteiger partial charge in [0.15, 0.2) is 5.52 Å². The van der Waals surface area contributed by atoms with Gasteiger partial charge in [-0.2, -0.15) is 0 Å². The van der Waals surface area contributed by atoms with Gasteiger partial charge >= 0.3 is 5.69 Å². The van der Waals surface area contributed by atoms with Gasteiger partial charge in [0.25, 0.3) is 5.69 Å². The molecule has 8 nitrogen and oxygen atoms in total. The predicted octanol–water partition coefficient (Wildman–Crippen LogP) is 1.70. The minimum absolute atomic E-state index is 0.0196. The zero-order valence-corrected chi connectivity index (χ0v) is 9.08. The van der Waals surface area contributed by atoms with E-state index in [1.807, 2.05) is 0 Å². The molecule has 1 aromatic heterocycles. The summed E-state index contributed by atoms with van der Waals surface area (Å²) in [5, 5.41) is 21.8. The molecule has 88 valence electrons. The van der Waals surface area contributed by atoms with E-state index in [4.69, 9.17) is 0 Å². The zero-order chi connectivity index (χ0) is 12.7. The molecule has 0 N–H and O–H groups in total. The van der Waals surface area contributed by atoms with Crippen LogP contribution in [0.3, 0.4) is 0 Å². The Balaban J connectivity index is 2.97. The highest BCUT2D eigenvalue weighted by molar-refractivity contribution is 5.89. The van der Waals surface area contributed by atoms with Crippen molar-refractivity contribution in [3.8, 4) is 0 Å². The smallest absolute Gasteiger partial charge is 0.306 e. The standard InChI is InChI=1S/C9H8N4O4/c1-5-6(12(14)15)3-7-8(9(5)13(16)17)10-4-11(7)2/h3-4H,1-2H3. The van der Waals surface area contributed by atoms with Crippen LogP contribution in [0, 0.1) is 27.2 Å². The number of hydrogen-bond acceptors (Lipinski definition) is 5. The number of nitro groups is 2. The summed E-state index contributed by atoms with van der Waals surface area (Å²) in [5.41, 5.74) is -0.0246. The largest absolute Gasteiger partial charge is 0.333 e. The second-order valence-corrected chi connectivity index (χ2v) is 3.61. The molecule has 0 fully saturated rings. The molecule has 17 heavy (non-hydrogen) atoms. The Morgan fingerprint density at radius 3 is 2.47 bits per heavy atom. The van der Waals surface area contributed by atoms with E-state index in [9.17, 15) is 20.2 Å². The van der Waals surface area contributed by atoms with Gasteiger partial charge in [-0.1, -0.05) is 0 Å². The van der Waals surface area contributed by atoms with Crippen molar-refractivity contribution < 1.29 is 9.85 Å². The Morgan fingerprint density at radius 2 is 1.94 bits per heavy atom. The number of fused-ring (bicyclic) bond motifs is 1. The number of hydrogen-bond donors (Lipinski definition) is 0. The van der Waals surface area contributed by atoms with E-state index < -0.39 is 9.85 Å². The zero-order valence-electron chi connectivity index (χ0n) is 9.08. The minimum Gasteiger partial charge on any atom is -0.333 e. The van der Waals surface area contributed by atoms with Crippen molar-refractivity contribution in [2.45, 2.75) is 6.92 Å². The van der Waals surface area contributed by atoms with Crippen LogP contribution in [0.5, 0.6) is 0 Å². The fourth-order valence-electron chi connectivity index (χ4n) is 1.74. The molecule has 0 atom stereocenters. The lowest BCUT2D eigenvalue weighted by molar-refractivity contribution is -0.394. The molecule has 2 rings (SSSR count). The third kappa shape index (κ3) is 1.50. The van der Waals surface area contributed by atoms with Crippen molar-refractivity contribution in [2.24, 2.45) is 7.05 Å². The Hall–Kier alpha value is -2.51. The topological polar surface area (TPSA) is 104 Å².